The summed E-state index contributed by atoms with van der Waals surface area (Å²) in [4.78, 5) is 16.2. The van der Waals surface area contributed by atoms with E-state index in [1.807, 2.05) is 32.0 Å². The molecule has 92 valence electrons. The smallest absolute Gasteiger partial charge is 0.256 e. The minimum absolute atomic E-state index is 0.137. The highest BCUT2D eigenvalue weighted by Crippen LogP contribution is 2.22. The number of anilines is 1. The van der Waals surface area contributed by atoms with Gasteiger partial charge in [-0.2, -0.15) is 0 Å². The van der Waals surface area contributed by atoms with Crippen molar-refractivity contribution < 1.29 is 4.79 Å². The predicted octanol–water partition coefficient (Wildman–Crippen LogP) is 3.71. The molecule has 1 aromatic carbocycles. The fourth-order valence-corrected chi connectivity index (χ4v) is 2.05. The standard InChI is InChI=1S/C14H13BrN2O/c1-9-6-7-16-8-12(9)17-14(18)11-5-3-4-10(2)13(11)15/h3-8H,1-2H3,(H,17,18). The fourth-order valence-electron chi connectivity index (χ4n) is 1.61. The number of carbonyl (C=O) groups excluding carboxylic acids is 1. The first kappa shape index (κ1) is 12.8. The number of amides is 1. The van der Waals surface area contributed by atoms with E-state index in [2.05, 4.69) is 26.2 Å². The molecule has 0 saturated heterocycles. The van der Waals surface area contributed by atoms with E-state index in [-0.39, 0.29) is 5.91 Å². The second-order valence-electron chi connectivity index (χ2n) is 4.08. The third-order valence-electron chi connectivity index (χ3n) is 2.72. The van der Waals surface area contributed by atoms with Crippen LogP contribution in [0.3, 0.4) is 0 Å². The van der Waals surface area contributed by atoms with Gasteiger partial charge in [0.05, 0.1) is 17.4 Å². The molecule has 1 N–H and O–H groups in total. The maximum absolute atomic E-state index is 12.2. The van der Waals surface area contributed by atoms with Crippen LogP contribution in [-0.2, 0) is 0 Å². The fraction of sp³-hybridized carbons (Fsp3) is 0.143. The van der Waals surface area contributed by atoms with Crippen LogP contribution in [-0.4, -0.2) is 10.9 Å². The van der Waals surface area contributed by atoms with Crippen molar-refractivity contribution in [3.63, 3.8) is 0 Å². The van der Waals surface area contributed by atoms with Gasteiger partial charge >= 0.3 is 0 Å². The van der Waals surface area contributed by atoms with Crippen molar-refractivity contribution in [2.24, 2.45) is 0 Å². The quantitative estimate of drug-likeness (QED) is 0.919. The summed E-state index contributed by atoms with van der Waals surface area (Å²) in [6.07, 6.45) is 3.35. The van der Waals surface area contributed by atoms with Crippen LogP contribution < -0.4 is 5.32 Å². The molecule has 0 unspecified atom stereocenters. The maximum atomic E-state index is 12.2. The number of nitrogens with one attached hydrogen (secondary N) is 1. The number of halogens is 1. The Hall–Kier alpha value is -1.68. The maximum Gasteiger partial charge on any atom is 0.256 e. The Morgan fingerprint density at radius 1 is 1.22 bits per heavy atom. The van der Waals surface area contributed by atoms with E-state index in [0.717, 1.165) is 21.3 Å². The molecule has 0 spiro atoms. The molecule has 0 aliphatic carbocycles. The molecule has 1 aromatic heterocycles. The summed E-state index contributed by atoms with van der Waals surface area (Å²) in [5.74, 6) is -0.137. The van der Waals surface area contributed by atoms with Crippen molar-refractivity contribution in [2.75, 3.05) is 5.32 Å². The first-order valence-corrected chi connectivity index (χ1v) is 6.36. The zero-order valence-corrected chi connectivity index (χ0v) is 11.8. The third kappa shape index (κ3) is 2.59. The van der Waals surface area contributed by atoms with Crippen molar-refractivity contribution in [2.45, 2.75) is 13.8 Å². The summed E-state index contributed by atoms with van der Waals surface area (Å²) >= 11 is 3.44. The van der Waals surface area contributed by atoms with Crippen molar-refractivity contribution >= 4 is 27.5 Å². The Labute approximate surface area is 114 Å². The van der Waals surface area contributed by atoms with Crippen LogP contribution in [0, 0.1) is 13.8 Å². The summed E-state index contributed by atoms with van der Waals surface area (Å²) in [5, 5.41) is 2.86. The van der Waals surface area contributed by atoms with Gasteiger partial charge in [-0.1, -0.05) is 12.1 Å². The van der Waals surface area contributed by atoms with Crippen LogP contribution in [0.4, 0.5) is 5.69 Å². The molecule has 0 atom stereocenters. The molecule has 18 heavy (non-hydrogen) atoms. The second kappa shape index (κ2) is 5.31. The van der Waals surface area contributed by atoms with Gasteiger partial charge in [0, 0.05) is 10.7 Å². The number of hydrogen-bond donors (Lipinski definition) is 1. The molecule has 2 rings (SSSR count). The van der Waals surface area contributed by atoms with Crippen LogP contribution in [0.2, 0.25) is 0 Å². The summed E-state index contributed by atoms with van der Waals surface area (Å²) in [7, 11) is 0. The molecule has 0 radical (unpaired) electrons. The largest absolute Gasteiger partial charge is 0.320 e. The highest BCUT2D eigenvalue weighted by atomic mass is 79.9. The van der Waals surface area contributed by atoms with E-state index in [1.165, 1.54) is 0 Å². The van der Waals surface area contributed by atoms with E-state index in [4.69, 9.17) is 0 Å². The van der Waals surface area contributed by atoms with Crippen molar-refractivity contribution in [3.05, 3.63) is 57.8 Å². The number of aryl methyl sites for hydroxylation is 2. The van der Waals surface area contributed by atoms with Crippen LogP contribution in [0.1, 0.15) is 21.5 Å². The number of pyridine rings is 1. The number of hydrogen-bond acceptors (Lipinski definition) is 2. The van der Waals surface area contributed by atoms with E-state index < -0.39 is 0 Å². The normalized spacial score (nSPS) is 10.2. The lowest BCUT2D eigenvalue weighted by Gasteiger charge is -2.09. The monoisotopic (exact) mass is 304 g/mol. The van der Waals surface area contributed by atoms with Gasteiger partial charge in [0.15, 0.2) is 0 Å². The van der Waals surface area contributed by atoms with Crippen molar-refractivity contribution in [1.29, 1.82) is 0 Å². The molecule has 2 aromatic rings. The molecule has 0 fully saturated rings. The number of benzene rings is 1. The van der Waals surface area contributed by atoms with Crippen LogP contribution in [0.25, 0.3) is 0 Å². The molecule has 3 nitrogen and oxygen atoms in total. The molecule has 0 bridgehead atoms. The van der Waals surface area contributed by atoms with Gasteiger partial charge in [0.25, 0.3) is 5.91 Å². The van der Waals surface area contributed by atoms with Gasteiger partial charge in [0.1, 0.15) is 0 Å². The Morgan fingerprint density at radius 2 is 2.00 bits per heavy atom. The second-order valence-corrected chi connectivity index (χ2v) is 4.87. The molecule has 0 aliphatic heterocycles. The minimum atomic E-state index is -0.137. The molecule has 4 heteroatoms. The summed E-state index contributed by atoms with van der Waals surface area (Å²) < 4.78 is 0.823. The molecule has 0 saturated carbocycles. The van der Waals surface area contributed by atoms with E-state index >= 15 is 0 Å². The van der Waals surface area contributed by atoms with E-state index in [0.29, 0.717) is 5.56 Å². The Morgan fingerprint density at radius 3 is 2.72 bits per heavy atom. The Kier molecular flexibility index (Phi) is 3.77. The first-order valence-electron chi connectivity index (χ1n) is 5.56. The molecular formula is C14H13BrN2O. The van der Waals surface area contributed by atoms with Gasteiger partial charge in [0.2, 0.25) is 0 Å². The van der Waals surface area contributed by atoms with Crippen molar-refractivity contribution in [3.8, 4) is 0 Å². The molecule has 0 aliphatic rings. The average molecular weight is 305 g/mol. The third-order valence-corrected chi connectivity index (χ3v) is 3.78. The Balaban J connectivity index is 2.28. The van der Waals surface area contributed by atoms with Gasteiger partial charge < -0.3 is 5.32 Å². The lowest BCUT2D eigenvalue weighted by Crippen LogP contribution is -2.13. The van der Waals surface area contributed by atoms with E-state index in [1.54, 1.807) is 18.5 Å². The van der Waals surface area contributed by atoms with Crippen LogP contribution in [0.5, 0.6) is 0 Å². The predicted molar refractivity (Wildman–Crippen MR) is 75.8 cm³/mol. The number of nitrogens with zero attached hydrogens (tertiary/aromatic N) is 1. The Bertz CT molecular complexity index is 596. The lowest BCUT2D eigenvalue weighted by molar-refractivity contribution is 0.102. The van der Waals surface area contributed by atoms with Crippen molar-refractivity contribution in [1.82, 2.24) is 4.98 Å². The highest BCUT2D eigenvalue weighted by molar-refractivity contribution is 9.10. The molecule has 1 heterocycles. The lowest BCUT2D eigenvalue weighted by atomic mass is 10.1. The van der Waals surface area contributed by atoms with Crippen LogP contribution >= 0.6 is 15.9 Å². The first-order chi connectivity index (χ1) is 8.59. The summed E-state index contributed by atoms with van der Waals surface area (Å²) in [5.41, 5.74) is 3.38. The topological polar surface area (TPSA) is 42.0 Å². The highest BCUT2D eigenvalue weighted by Gasteiger charge is 2.12. The number of aromatic nitrogens is 1. The van der Waals surface area contributed by atoms with Gasteiger partial charge in [-0.25, -0.2) is 0 Å². The van der Waals surface area contributed by atoms with Gasteiger partial charge in [-0.05, 0) is 53.0 Å². The number of carbonyl (C=O) groups is 1. The van der Waals surface area contributed by atoms with Gasteiger partial charge in [-0.3, -0.25) is 9.78 Å². The zero-order valence-electron chi connectivity index (χ0n) is 10.2. The molecular weight excluding hydrogens is 292 g/mol. The zero-order chi connectivity index (χ0) is 13.1. The summed E-state index contributed by atoms with van der Waals surface area (Å²) in [6, 6.07) is 7.47. The minimum Gasteiger partial charge on any atom is -0.320 e. The average Bonchev–Trinajstić information content (AvgIpc) is 2.35. The van der Waals surface area contributed by atoms with E-state index in [9.17, 15) is 4.79 Å². The number of rotatable bonds is 2. The SMILES string of the molecule is Cc1ccncc1NC(=O)c1cccc(C)c1Br. The molecule has 1 amide bonds. The van der Waals surface area contributed by atoms with Gasteiger partial charge in [-0.15, -0.1) is 0 Å². The summed E-state index contributed by atoms with van der Waals surface area (Å²) in [6.45, 7) is 3.89. The van der Waals surface area contributed by atoms with Crippen LogP contribution in [0.15, 0.2) is 41.1 Å².